The highest BCUT2D eigenvalue weighted by Crippen LogP contribution is 2.39. The van der Waals surface area contributed by atoms with E-state index in [4.69, 9.17) is 0 Å². The molecule has 24 heavy (non-hydrogen) atoms. The van der Waals surface area contributed by atoms with Crippen molar-refractivity contribution in [3.8, 4) is 0 Å². The van der Waals surface area contributed by atoms with Crippen molar-refractivity contribution >= 4 is 33.6 Å². The minimum atomic E-state index is -0.0164. The van der Waals surface area contributed by atoms with Gasteiger partial charge in [0.1, 0.15) is 5.82 Å². The molecule has 1 aromatic heterocycles. The maximum Gasteiger partial charge on any atom is 0.230 e. The van der Waals surface area contributed by atoms with Crippen molar-refractivity contribution in [3.63, 3.8) is 0 Å². The Balaban J connectivity index is 1.54. The summed E-state index contributed by atoms with van der Waals surface area (Å²) in [5.41, 5.74) is 1.09. The zero-order chi connectivity index (χ0) is 17.1. The average molecular weight is 409 g/mol. The van der Waals surface area contributed by atoms with E-state index < -0.39 is 0 Å². The number of carbonyl (C=O) groups excluding carboxylic acids is 1. The van der Waals surface area contributed by atoms with Crippen LogP contribution in [0.25, 0.3) is 0 Å². The molecule has 7 heteroatoms. The predicted molar refractivity (Wildman–Crippen MR) is 99.1 cm³/mol. The Bertz CT molecular complexity index is 712. The zero-order valence-electron chi connectivity index (χ0n) is 13.8. The topological polar surface area (TPSA) is 59.8 Å². The van der Waals surface area contributed by atoms with Gasteiger partial charge in [-0.25, -0.2) is 0 Å². The van der Waals surface area contributed by atoms with E-state index in [2.05, 4.69) is 42.9 Å². The van der Waals surface area contributed by atoms with Crippen LogP contribution in [-0.4, -0.2) is 26.4 Å². The van der Waals surface area contributed by atoms with E-state index in [1.807, 2.05) is 31.2 Å². The first-order chi connectivity index (χ1) is 11.6. The van der Waals surface area contributed by atoms with Gasteiger partial charge in [-0.1, -0.05) is 39.8 Å². The molecule has 1 fully saturated rings. The van der Waals surface area contributed by atoms with Crippen LogP contribution in [0.2, 0.25) is 0 Å². The zero-order valence-corrected chi connectivity index (χ0v) is 16.2. The summed E-state index contributed by atoms with van der Waals surface area (Å²) in [7, 11) is 0. The number of rotatable bonds is 7. The second-order valence-corrected chi connectivity index (χ2v) is 7.85. The number of benzene rings is 1. The molecule has 1 N–H and O–H groups in total. The van der Waals surface area contributed by atoms with Crippen LogP contribution >= 0.6 is 27.7 Å². The lowest BCUT2D eigenvalue weighted by Gasteiger charge is -2.14. The summed E-state index contributed by atoms with van der Waals surface area (Å²) >= 11 is 4.88. The number of carbonyl (C=O) groups is 1. The SMILES string of the molecule is CCn1c(SCC(=O)N[C@H](C)c2ccc(Br)cc2)nnc1C1CC1. The molecule has 0 radical (unpaired) electrons. The van der Waals surface area contributed by atoms with Gasteiger partial charge in [-0.3, -0.25) is 4.79 Å². The molecule has 0 unspecified atom stereocenters. The van der Waals surface area contributed by atoms with Gasteiger partial charge in [0, 0.05) is 16.9 Å². The van der Waals surface area contributed by atoms with E-state index >= 15 is 0 Å². The van der Waals surface area contributed by atoms with Crippen LogP contribution in [0.4, 0.5) is 0 Å². The van der Waals surface area contributed by atoms with Gasteiger partial charge >= 0.3 is 0 Å². The largest absolute Gasteiger partial charge is 0.349 e. The maximum atomic E-state index is 12.2. The fourth-order valence-corrected chi connectivity index (χ4v) is 3.68. The minimum Gasteiger partial charge on any atom is -0.349 e. The van der Waals surface area contributed by atoms with Gasteiger partial charge in [0.05, 0.1) is 11.8 Å². The van der Waals surface area contributed by atoms with Crippen LogP contribution < -0.4 is 5.32 Å². The summed E-state index contributed by atoms with van der Waals surface area (Å²) in [6.07, 6.45) is 2.40. The standard InChI is InChI=1S/C17H21BrN4OS/c1-3-22-16(13-4-5-13)20-21-17(22)24-10-15(23)19-11(2)12-6-8-14(18)9-7-12/h6-9,11,13H,3-5,10H2,1-2H3,(H,19,23)/t11-/m1/s1. The summed E-state index contributed by atoms with van der Waals surface area (Å²) in [5.74, 6) is 2.00. The smallest absolute Gasteiger partial charge is 0.230 e. The highest BCUT2D eigenvalue weighted by molar-refractivity contribution is 9.10. The van der Waals surface area contributed by atoms with Crippen molar-refractivity contribution < 1.29 is 4.79 Å². The van der Waals surface area contributed by atoms with E-state index in [0.717, 1.165) is 27.6 Å². The van der Waals surface area contributed by atoms with E-state index in [0.29, 0.717) is 11.7 Å². The number of halogens is 1. The summed E-state index contributed by atoms with van der Waals surface area (Å²) in [6, 6.07) is 7.97. The Morgan fingerprint density at radius 3 is 2.71 bits per heavy atom. The molecule has 128 valence electrons. The normalized spacial score (nSPS) is 15.3. The van der Waals surface area contributed by atoms with Gasteiger partial charge in [-0.05, 0) is 44.4 Å². The Kier molecular flexibility index (Phi) is 5.61. The van der Waals surface area contributed by atoms with Gasteiger partial charge < -0.3 is 9.88 Å². The first kappa shape index (κ1) is 17.5. The predicted octanol–water partition coefficient (Wildman–Crippen LogP) is 3.91. The van der Waals surface area contributed by atoms with Crippen LogP contribution in [0.15, 0.2) is 33.9 Å². The Labute approximate surface area is 154 Å². The molecule has 1 aromatic carbocycles. The van der Waals surface area contributed by atoms with Crippen molar-refractivity contribution in [2.75, 3.05) is 5.75 Å². The third-order valence-corrected chi connectivity index (χ3v) is 5.58. The number of hydrogen-bond donors (Lipinski definition) is 1. The Hall–Kier alpha value is -1.34. The molecule has 1 heterocycles. The number of nitrogens with zero attached hydrogens (tertiary/aromatic N) is 3. The summed E-state index contributed by atoms with van der Waals surface area (Å²) in [4.78, 5) is 12.2. The molecule has 3 rings (SSSR count). The summed E-state index contributed by atoms with van der Waals surface area (Å²) in [5, 5.41) is 12.4. The third kappa shape index (κ3) is 4.19. The van der Waals surface area contributed by atoms with E-state index in [9.17, 15) is 4.79 Å². The first-order valence-electron chi connectivity index (χ1n) is 8.19. The van der Waals surface area contributed by atoms with Crippen LogP contribution in [0.1, 0.15) is 50.0 Å². The maximum absolute atomic E-state index is 12.2. The second kappa shape index (κ2) is 7.70. The van der Waals surface area contributed by atoms with Crippen LogP contribution in [-0.2, 0) is 11.3 Å². The van der Waals surface area contributed by atoms with E-state index in [1.54, 1.807) is 0 Å². The molecule has 0 bridgehead atoms. The molecule has 0 saturated heterocycles. The van der Waals surface area contributed by atoms with Crippen molar-refractivity contribution in [2.45, 2.75) is 50.4 Å². The van der Waals surface area contributed by atoms with Crippen molar-refractivity contribution in [1.82, 2.24) is 20.1 Å². The molecular weight excluding hydrogens is 388 g/mol. The fraction of sp³-hybridized carbons (Fsp3) is 0.471. The van der Waals surface area contributed by atoms with E-state index in [1.165, 1.54) is 24.6 Å². The third-order valence-electron chi connectivity index (χ3n) is 4.08. The lowest BCUT2D eigenvalue weighted by atomic mass is 10.1. The molecule has 0 spiro atoms. The number of amides is 1. The number of hydrogen-bond acceptors (Lipinski definition) is 4. The molecule has 2 aromatic rings. The van der Waals surface area contributed by atoms with Gasteiger partial charge in [-0.2, -0.15) is 0 Å². The van der Waals surface area contributed by atoms with Crippen LogP contribution in [0, 0.1) is 0 Å². The average Bonchev–Trinajstić information content (AvgIpc) is 3.33. The lowest BCUT2D eigenvalue weighted by Crippen LogP contribution is -2.28. The lowest BCUT2D eigenvalue weighted by molar-refractivity contribution is -0.119. The van der Waals surface area contributed by atoms with Gasteiger partial charge in [0.2, 0.25) is 5.91 Å². The van der Waals surface area contributed by atoms with Gasteiger partial charge in [0.25, 0.3) is 0 Å². The molecule has 1 aliphatic carbocycles. The number of thioether (sulfide) groups is 1. The Morgan fingerprint density at radius 2 is 2.08 bits per heavy atom. The molecule has 1 aliphatic rings. The molecule has 1 saturated carbocycles. The molecular formula is C17H21BrN4OS. The molecule has 0 aliphatic heterocycles. The van der Waals surface area contributed by atoms with Crippen LogP contribution in [0.5, 0.6) is 0 Å². The highest BCUT2D eigenvalue weighted by Gasteiger charge is 2.30. The second-order valence-electron chi connectivity index (χ2n) is 5.99. The van der Waals surface area contributed by atoms with Crippen LogP contribution in [0.3, 0.4) is 0 Å². The highest BCUT2D eigenvalue weighted by atomic mass is 79.9. The van der Waals surface area contributed by atoms with Crippen molar-refractivity contribution in [2.24, 2.45) is 0 Å². The van der Waals surface area contributed by atoms with Gasteiger partial charge in [0.15, 0.2) is 5.16 Å². The Morgan fingerprint density at radius 1 is 1.38 bits per heavy atom. The number of nitrogens with one attached hydrogen (secondary N) is 1. The first-order valence-corrected chi connectivity index (χ1v) is 9.97. The molecule has 1 atom stereocenters. The molecule has 1 amide bonds. The molecule has 5 nitrogen and oxygen atoms in total. The summed E-state index contributed by atoms with van der Waals surface area (Å²) in [6.45, 7) is 4.93. The monoisotopic (exact) mass is 408 g/mol. The fourth-order valence-electron chi connectivity index (χ4n) is 2.60. The van der Waals surface area contributed by atoms with Crippen molar-refractivity contribution in [3.05, 3.63) is 40.1 Å². The minimum absolute atomic E-state index is 0.00837. The van der Waals surface area contributed by atoms with Gasteiger partial charge in [-0.15, -0.1) is 10.2 Å². The summed E-state index contributed by atoms with van der Waals surface area (Å²) < 4.78 is 3.17. The van der Waals surface area contributed by atoms with E-state index in [-0.39, 0.29) is 11.9 Å². The van der Waals surface area contributed by atoms with Crippen molar-refractivity contribution in [1.29, 1.82) is 0 Å². The quantitative estimate of drug-likeness (QED) is 0.705. The number of aromatic nitrogens is 3.